The van der Waals surface area contributed by atoms with Gasteiger partial charge in [-0.2, -0.15) is 0 Å². The fourth-order valence-electron chi connectivity index (χ4n) is 4.24. The molecule has 1 amide bonds. The Balaban J connectivity index is 1.92. The number of non-ortho nitro benzene ring substituents is 1. The zero-order chi connectivity index (χ0) is 26.9. The summed E-state index contributed by atoms with van der Waals surface area (Å²) < 4.78 is 10.7. The Bertz CT molecular complexity index is 1400. The van der Waals surface area contributed by atoms with Crippen LogP contribution >= 0.6 is 0 Å². The van der Waals surface area contributed by atoms with Crippen molar-refractivity contribution >= 4 is 34.5 Å². The lowest BCUT2D eigenvalue weighted by atomic mass is 9.94. The average Bonchev–Trinajstić information content (AvgIpc) is 3.17. The maximum atomic E-state index is 13.4. The molecule has 1 heterocycles. The van der Waals surface area contributed by atoms with Gasteiger partial charge in [0.15, 0.2) is 11.5 Å². The van der Waals surface area contributed by atoms with Crippen LogP contribution in [0.15, 0.2) is 72.3 Å². The van der Waals surface area contributed by atoms with Crippen molar-refractivity contribution in [3.8, 4) is 11.5 Å². The minimum absolute atomic E-state index is 0.133. The first-order valence-corrected chi connectivity index (χ1v) is 11.2. The summed E-state index contributed by atoms with van der Waals surface area (Å²) in [7, 11) is 6.72. The Labute approximate surface area is 213 Å². The van der Waals surface area contributed by atoms with E-state index in [1.807, 2.05) is 31.1 Å². The Morgan fingerprint density at radius 2 is 1.57 bits per heavy atom. The number of hydrogen-bond acceptors (Lipinski definition) is 8. The van der Waals surface area contributed by atoms with E-state index >= 15 is 0 Å². The van der Waals surface area contributed by atoms with Gasteiger partial charge in [-0.25, -0.2) is 0 Å². The highest BCUT2D eigenvalue weighted by Crippen LogP contribution is 2.44. The minimum Gasteiger partial charge on any atom is -0.507 e. The summed E-state index contributed by atoms with van der Waals surface area (Å²) in [4.78, 5) is 40.4. The number of benzene rings is 3. The lowest BCUT2D eigenvalue weighted by Gasteiger charge is -2.26. The number of nitrogens with zero attached hydrogens (tertiary/aromatic N) is 3. The van der Waals surface area contributed by atoms with Crippen LogP contribution in [0.4, 0.5) is 17.1 Å². The molecule has 0 radical (unpaired) electrons. The van der Waals surface area contributed by atoms with Crippen molar-refractivity contribution < 1.29 is 29.1 Å². The van der Waals surface area contributed by atoms with Gasteiger partial charge in [0, 0.05) is 49.2 Å². The Morgan fingerprint density at radius 3 is 2.11 bits per heavy atom. The SMILES string of the molecule is COc1ccc(N2C(=O)C(=O)/C(=C(/O)c3ccc([N+](=O)[O-])cc3)C2c2ccc(N(C)C)cc2)cc1OC. The maximum absolute atomic E-state index is 13.4. The molecule has 0 saturated carbocycles. The van der Waals surface area contributed by atoms with Gasteiger partial charge in [-0.3, -0.25) is 24.6 Å². The van der Waals surface area contributed by atoms with Crippen molar-refractivity contribution in [2.75, 3.05) is 38.1 Å². The standard InChI is InChI=1S/C27H25N3O7/c1-28(2)18-9-5-16(6-10-18)24-23(25(31)17-7-11-19(12-8-17)30(34)35)26(32)27(33)29(24)20-13-14-21(36-3)22(15-20)37-4/h5-15,24,31H,1-4H3/b25-23+. The number of aliphatic hydroxyl groups excluding tert-OH is 1. The topological polar surface area (TPSA) is 122 Å². The summed E-state index contributed by atoms with van der Waals surface area (Å²) in [5, 5.41) is 22.3. The Morgan fingerprint density at radius 1 is 0.946 bits per heavy atom. The number of amides is 1. The second-order valence-corrected chi connectivity index (χ2v) is 8.50. The molecule has 1 unspecified atom stereocenters. The molecule has 0 aliphatic carbocycles. The van der Waals surface area contributed by atoms with Crippen LogP contribution in [0.1, 0.15) is 17.2 Å². The van der Waals surface area contributed by atoms with E-state index in [1.54, 1.807) is 30.3 Å². The maximum Gasteiger partial charge on any atom is 0.300 e. The lowest BCUT2D eigenvalue weighted by Crippen LogP contribution is -2.29. The van der Waals surface area contributed by atoms with Crippen LogP contribution in [-0.4, -0.2) is 50.0 Å². The number of ketones is 1. The Hall–Kier alpha value is -4.86. The average molecular weight is 504 g/mol. The fraction of sp³-hybridized carbons (Fsp3) is 0.185. The van der Waals surface area contributed by atoms with Gasteiger partial charge in [0.1, 0.15) is 5.76 Å². The molecule has 0 bridgehead atoms. The number of aliphatic hydroxyl groups is 1. The number of rotatable bonds is 7. The predicted molar refractivity (Wildman–Crippen MR) is 138 cm³/mol. The number of hydrogen-bond donors (Lipinski definition) is 1. The van der Waals surface area contributed by atoms with Crippen LogP contribution < -0.4 is 19.3 Å². The van der Waals surface area contributed by atoms with E-state index in [0.29, 0.717) is 22.7 Å². The molecular formula is C27H25N3O7. The zero-order valence-corrected chi connectivity index (χ0v) is 20.7. The summed E-state index contributed by atoms with van der Waals surface area (Å²) in [6.45, 7) is 0. The van der Waals surface area contributed by atoms with Crippen LogP contribution in [-0.2, 0) is 9.59 Å². The number of nitro groups is 1. The zero-order valence-electron chi connectivity index (χ0n) is 20.7. The van der Waals surface area contributed by atoms with E-state index in [1.165, 1.54) is 43.4 Å². The molecule has 3 aromatic rings. The number of methoxy groups -OCH3 is 2. The number of carbonyl (C=O) groups is 2. The van der Waals surface area contributed by atoms with Crippen molar-refractivity contribution in [3.63, 3.8) is 0 Å². The highest BCUT2D eigenvalue weighted by atomic mass is 16.6. The third kappa shape index (κ3) is 4.56. The van der Waals surface area contributed by atoms with E-state index in [-0.39, 0.29) is 16.8 Å². The van der Waals surface area contributed by atoms with Gasteiger partial charge < -0.3 is 19.5 Å². The van der Waals surface area contributed by atoms with Gasteiger partial charge in [0.25, 0.3) is 17.4 Å². The third-order valence-corrected chi connectivity index (χ3v) is 6.17. The number of nitro benzene ring substituents is 1. The number of anilines is 2. The smallest absolute Gasteiger partial charge is 0.300 e. The van der Waals surface area contributed by atoms with Gasteiger partial charge in [-0.05, 0) is 42.0 Å². The summed E-state index contributed by atoms with van der Waals surface area (Å²) >= 11 is 0. The summed E-state index contributed by atoms with van der Waals surface area (Å²) in [5.74, 6) is -1.35. The molecule has 1 saturated heterocycles. The van der Waals surface area contributed by atoms with Gasteiger partial charge in [0.2, 0.25) is 0 Å². The second kappa shape index (κ2) is 10.0. The molecule has 190 valence electrons. The molecule has 1 aliphatic rings. The molecule has 3 aromatic carbocycles. The van der Waals surface area contributed by atoms with Crippen molar-refractivity contribution in [1.82, 2.24) is 0 Å². The van der Waals surface area contributed by atoms with Crippen LogP contribution in [0.3, 0.4) is 0 Å². The van der Waals surface area contributed by atoms with Gasteiger partial charge in [-0.1, -0.05) is 12.1 Å². The molecule has 0 aromatic heterocycles. The van der Waals surface area contributed by atoms with Crippen LogP contribution in [0.2, 0.25) is 0 Å². The molecule has 1 N–H and O–H groups in total. The van der Waals surface area contributed by atoms with Gasteiger partial charge in [-0.15, -0.1) is 0 Å². The number of carbonyl (C=O) groups excluding carboxylic acids is 2. The highest BCUT2D eigenvalue weighted by molar-refractivity contribution is 6.51. The fourth-order valence-corrected chi connectivity index (χ4v) is 4.24. The molecule has 4 rings (SSSR count). The largest absolute Gasteiger partial charge is 0.507 e. The first kappa shape index (κ1) is 25.2. The monoisotopic (exact) mass is 503 g/mol. The van der Waals surface area contributed by atoms with Gasteiger partial charge >= 0.3 is 0 Å². The molecule has 10 heteroatoms. The molecule has 10 nitrogen and oxygen atoms in total. The van der Waals surface area contributed by atoms with E-state index in [9.17, 15) is 24.8 Å². The first-order chi connectivity index (χ1) is 17.7. The molecule has 0 spiro atoms. The third-order valence-electron chi connectivity index (χ3n) is 6.17. The van der Waals surface area contributed by atoms with Gasteiger partial charge in [0.05, 0.1) is 30.8 Å². The summed E-state index contributed by atoms with van der Waals surface area (Å²) in [6.07, 6.45) is 0. The van der Waals surface area contributed by atoms with Crippen molar-refractivity contribution in [2.24, 2.45) is 0 Å². The van der Waals surface area contributed by atoms with E-state index in [0.717, 1.165) is 5.69 Å². The van der Waals surface area contributed by atoms with Crippen molar-refractivity contribution in [1.29, 1.82) is 0 Å². The number of ether oxygens (including phenoxy) is 2. The first-order valence-electron chi connectivity index (χ1n) is 11.2. The van der Waals surface area contributed by atoms with Crippen molar-refractivity contribution in [2.45, 2.75) is 6.04 Å². The molecule has 1 aliphatic heterocycles. The summed E-state index contributed by atoms with van der Waals surface area (Å²) in [6, 6.07) is 16.2. The van der Waals surface area contributed by atoms with Crippen LogP contribution in [0, 0.1) is 10.1 Å². The molecular weight excluding hydrogens is 478 g/mol. The minimum atomic E-state index is -0.968. The normalized spacial score (nSPS) is 16.5. The molecule has 1 atom stereocenters. The van der Waals surface area contributed by atoms with E-state index < -0.39 is 28.4 Å². The van der Waals surface area contributed by atoms with Crippen molar-refractivity contribution in [3.05, 3.63) is 93.5 Å². The highest BCUT2D eigenvalue weighted by Gasteiger charge is 2.47. The van der Waals surface area contributed by atoms with Crippen LogP contribution in [0.25, 0.3) is 5.76 Å². The predicted octanol–water partition coefficient (Wildman–Crippen LogP) is 4.30. The van der Waals surface area contributed by atoms with E-state index in [2.05, 4.69) is 0 Å². The molecule has 1 fully saturated rings. The molecule has 37 heavy (non-hydrogen) atoms. The lowest BCUT2D eigenvalue weighted by molar-refractivity contribution is -0.384. The quantitative estimate of drug-likeness (QED) is 0.166. The summed E-state index contributed by atoms with van der Waals surface area (Å²) in [5.41, 5.74) is 1.73. The van der Waals surface area contributed by atoms with Crippen LogP contribution in [0.5, 0.6) is 11.5 Å². The Kier molecular flexibility index (Phi) is 6.83. The number of Topliss-reactive ketones (excluding diaryl/α,β-unsaturated/α-hetero) is 1. The second-order valence-electron chi connectivity index (χ2n) is 8.50. The van der Waals surface area contributed by atoms with E-state index in [4.69, 9.17) is 9.47 Å².